The summed E-state index contributed by atoms with van der Waals surface area (Å²) in [6, 6.07) is 6.13. The van der Waals surface area contributed by atoms with Crippen molar-refractivity contribution in [3.05, 3.63) is 41.1 Å². The molecule has 24 heavy (non-hydrogen) atoms. The van der Waals surface area contributed by atoms with E-state index >= 15 is 0 Å². The van der Waals surface area contributed by atoms with Crippen LogP contribution in [0.5, 0.6) is 5.75 Å². The van der Waals surface area contributed by atoms with Gasteiger partial charge in [0, 0.05) is 20.4 Å². The highest BCUT2D eigenvalue weighted by Gasteiger charge is 2.18. The Hall–Kier alpha value is -2.48. The van der Waals surface area contributed by atoms with Gasteiger partial charge in [0.2, 0.25) is 11.8 Å². The van der Waals surface area contributed by atoms with Crippen LogP contribution < -0.4 is 10.2 Å². The van der Waals surface area contributed by atoms with Crippen LogP contribution in [0.3, 0.4) is 0 Å². The zero-order valence-corrected chi connectivity index (χ0v) is 14.2. The van der Waals surface area contributed by atoms with Crippen molar-refractivity contribution in [3.63, 3.8) is 0 Å². The number of nitrogens with zero attached hydrogens (tertiary/aromatic N) is 5. The van der Waals surface area contributed by atoms with Gasteiger partial charge in [0.25, 0.3) is 0 Å². The number of methoxy groups -OCH3 is 1. The van der Waals surface area contributed by atoms with Crippen molar-refractivity contribution in [2.45, 2.75) is 38.8 Å². The Labute approximate surface area is 140 Å². The molecule has 0 saturated carbocycles. The summed E-state index contributed by atoms with van der Waals surface area (Å²) in [5.41, 5.74) is 5.40. The van der Waals surface area contributed by atoms with Gasteiger partial charge < -0.3 is 9.15 Å². The third-order valence-electron chi connectivity index (χ3n) is 3.89. The lowest BCUT2D eigenvalue weighted by Gasteiger charge is -2.14. The minimum Gasteiger partial charge on any atom is -0.496 e. The molecule has 1 N–H and O–H groups in total. The van der Waals surface area contributed by atoms with Crippen LogP contribution in [-0.2, 0) is 12.8 Å². The summed E-state index contributed by atoms with van der Waals surface area (Å²) in [4.78, 5) is 0. The summed E-state index contributed by atoms with van der Waals surface area (Å²) in [6.07, 6.45) is 3.58. The number of hydrogen-bond acceptors (Lipinski definition) is 8. The van der Waals surface area contributed by atoms with Crippen LogP contribution in [0.15, 0.2) is 33.0 Å². The summed E-state index contributed by atoms with van der Waals surface area (Å²) in [6.45, 7) is 1.80. The van der Waals surface area contributed by atoms with E-state index in [2.05, 4.69) is 32.0 Å². The maximum Gasteiger partial charge on any atom is 0.216 e. The zero-order valence-electron chi connectivity index (χ0n) is 14.2. The molecule has 2 heterocycles. The second-order valence-corrected chi connectivity index (χ2v) is 5.75. The molecule has 2 aromatic rings. The number of hydrogen-bond donors (Lipinski definition) is 1. The van der Waals surface area contributed by atoms with Gasteiger partial charge in [0.15, 0.2) is 6.17 Å². The molecule has 8 heteroatoms. The molecule has 1 aromatic carbocycles. The van der Waals surface area contributed by atoms with Crippen LogP contribution in [0.25, 0.3) is 0 Å². The van der Waals surface area contributed by atoms with Crippen molar-refractivity contribution in [2.75, 3.05) is 14.2 Å². The second-order valence-electron chi connectivity index (χ2n) is 5.75. The van der Waals surface area contributed by atoms with Crippen molar-refractivity contribution in [2.24, 2.45) is 10.3 Å². The molecule has 1 aromatic heterocycles. The Morgan fingerprint density at radius 2 is 2.08 bits per heavy atom. The minimum atomic E-state index is -0.138. The molecule has 8 nitrogen and oxygen atoms in total. The van der Waals surface area contributed by atoms with Crippen LogP contribution in [0.2, 0.25) is 0 Å². The van der Waals surface area contributed by atoms with Gasteiger partial charge in [-0.25, -0.2) is 5.12 Å². The smallest absolute Gasteiger partial charge is 0.216 e. The molecule has 0 spiro atoms. The summed E-state index contributed by atoms with van der Waals surface area (Å²) < 4.78 is 10.9. The highest BCUT2D eigenvalue weighted by molar-refractivity contribution is 5.38. The number of ether oxygens (including phenoxy) is 1. The number of hydrazine groups is 1. The SMILES string of the molecule is COc1ccc(C2N=NN(C)N2)cc1CCCCc1nnc(C)o1. The Kier molecular flexibility index (Phi) is 5.05. The molecular formula is C16H22N6O2. The van der Waals surface area contributed by atoms with Gasteiger partial charge >= 0.3 is 0 Å². The van der Waals surface area contributed by atoms with Gasteiger partial charge in [-0.2, -0.15) is 5.43 Å². The molecule has 1 aliphatic rings. The molecule has 128 valence electrons. The van der Waals surface area contributed by atoms with E-state index in [0.29, 0.717) is 11.8 Å². The highest BCUT2D eigenvalue weighted by Crippen LogP contribution is 2.27. The van der Waals surface area contributed by atoms with Gasteiger partial charge in [-0.05, 0) is 42.5 Å². The molecule has 0 bridgehead atoms. The van der Waals surface area contributed by atoms with Crippen LogP contribution in [0.1, 0.15) is 41.9 Å². The molecule has 0 fully saturated rings. The molecule has 0 aliphatic carbocycles. The quantitative estimate of drug-likeness (QED) is 0.785. The van der Waals surface area contributed by atoms with Crippen molar-refractivity contribution in [1.29, 1.82) is 0 Å². The normalized spacial score (nSPS) is 16.8. The lowest BCUT2D eigenvalue weighted by atomic mass is 10.0. The summed E-state index contributed by atoms with van der Waals surface area (Å²) in [5.74, 6) is 2.21. The Bertz CT molecular complexity index is 714. The van der Waals surface area contributed by atoms with E-state index in [9.17, 15) is 0 Å². The number of aromatic nitrogens is 2. The highest BCUT2D eigenvalue weighted by atomic mass is 16.5. The number of rotatable bonds is 7. The van der Waals surface area contributed by atoms with E-state index in [1.807, 2.05) is 19.2 Å². The average molecular weight is 330 g/mol. The predicted molar refractivity (Wildman–Crippen MR) is 87.2 cm³/mol. The molecule has 1 atom stereocenters. The summed E-state index contributed by atoms with van der Waals surface area (Å²) >= 11 is 0. The molecule has 3 rings (SSSR count). The Balaban J connectivity index is 1.59. The van der Waals surface area contributed by atoms with Crippen LogP contribution >= 0.6 is 0 Å². The van der Waals surface area contributed by atoms with Crippen molar-refractivity contribution >= 4 is 0 Å². The standard InChI is InChI=1S/C16H22N6O2/c1-11-17-18-15(24-11)7-5-4-6-12-10-13(8-9-14(12)23-3)16-19-21-22(2)20-16/h8-10,16,20H,4-7H2,1-3H3. The van der Waals surface area contributed by atoms with Crippen molar-refractivity contribution < 1.29 is 9.15 Å². The first-order valence-electron chi connectivity index (χ1n) is 8.02. The first kappa shape index (κ1) is 16.4. The van der Waals surface area contributed by atoms with E-state index in [-0.39, 0.29) is 6.17 Å². The summed E-state index contributed by atoms with van der Waals surface area (Å²) in [7, 11) is 3.52. The van der Waals surface area contributed by atoms with Gasteiger partial charge in [-0.15, -0.1) is 15.3 Å². The fourth-order valence-corrected chi connectivity index (χ4v) is 2.69. The minimum absolute atomic E-state index is 0.138. The van der Waals surface area contributed by atoms with E-state index in [4.69, 9.17) is 9.15 Å². The fourth-order valence-electron chi connectivity index (χ4n) is 2.69. The van der Waals surface area contributed by atoms with Gasteiger partial charge in [-0.1, -0.05) is 11.3 Å². The Morgan fingerprint density at radius 1 is 1.25 bits per heavy atom. The monoisotopic (exact) mass is 330 g/mol. The first-order valence-corrected chi connectivity index (χ1v) is 8.02. The van der Waals surface area contributed by atoms with Gasteiger partial charge in [0.05, 0.1) is 7.11 Å². The molecule has 0 amide bonds. The molecule has 1 aliphatic heterocycles. The maximum absolute atomic E-state index is 5.48. The molecule has 1 unspecified atom stereocenters. The maximum atomic E-state index is 5.48. The van der Waals surface area contributed by atoms with Crippen LogP contribution in [0, 0.1) is 6.92 Å². The predicted octanol–water partition coefficient (Wildman–Crippen LogP) is 2.77. The number of unbranched alkanes of at least 4 members (excludes halogenated alkanes) is 1. The fraction of sp³-hybridized carbons (Fsp3) is 0.500. The largest absolute Gasteiger partial charge is 0.496 e. The second kappa shape index (κ2) is 7.39. The van der Waals surface area contributed by atoms with E-state index in [0.717, 1.165) is 37.0 Å². The zero-order chi connectivity index (χ0) is 16.9. The van der Waals surface area contributed by atoms with Gasteiger partial charge in [0.1, 0.15) is 5.75 Å². The molecular weight excluding hydrogens is 308 g/mol. The molecule has 0 saturated heterocycles. The summed E-state index contributed by atoms with van der Waals surface area (Å²) in [5, 5.41) is 17.6. The average Bonchev–Trinajstić information content (AvgIpc) is 3.20. The number of benzene rings is 1. The van der Waals surface area contributed by atoms with Crippen LogP contribution in [-0.4, -0.2) is 29.5 Å². The lowest BCUT2D eigenvalue weighted by Crippen LogP contribution is -2.26. The number of nitrogens with one attached hydrogen (secondary N) is 1. The van der Waals surface area contributed by atoms with Crippen molar-refractivity contribution in [1.82, 2.24) is 20.7 Å². The molecule has 0 radical (unpaired) electrons. The van der Waals surface area contributed by atoms with Crippen LogP contribution in [0.4, 0.5) is 0 Å². The first-order chi connectivity index (χ1) is 11.7. The third kappa shape index (κ3) is 3.88. The third-order valence-corrected chi connectivity index (χ3v) is 3.89. The number of aryl methyl sites for hydroxylation is 3. The lowest BCUT2D eigenvalue weighted by molar-refractivity contribution is 0.262. The topological polar surface area (TPSA) is 88.1 Å². The van der Waals surface area contributed by atoms with E-state index in [1.165, 1.54) is 5.56 Å². The van der Waals surface area contributed by atoms with E-state index in [1.54, 1.807) is 19.2 Å². The van der Waals surface area contributed by atoms with E-state index < -0.39 is 0 Å². The van der Waals surface area contributed by atoms with Gasteiger partial charge in [-0.3, -0.25) is 0 Å². The van der Waals surface area contributed by atoms with Crippen molar-refractivity contribution in [3.8, 4) is 5.75 Å². The Morgan fingerprint density at radius 3 is 2.75 bits per heavy atom.